The van der Waals surface area contributed by atoms with Gasteiger partial charge in [-0.05, 0) is 24.3 Å². The van der Waals surface area contributed by atoms with Gasteiger partial charge in [-0.15, -0.1) is 5.10 Å². The summed E-state index contributed by atoms with van der Waals surface area (Å²) in [6.07, 6.45) is 2.02. The topological polar surface area (TPSA) is 98.2 Å². The lowest BCUT2D eigenvalue weighted by Crippen LogP contribution is -2.36. The zero-order valence-corrected chi connectivity index (χ0v) is 16.4. The van der Waals surface area contributed by atoms with Crippen LogP contribution in [0.25, 0.3) is 0 Å². The third-order valence-electron chi connectivity index (χ3n) is 4.51. The fourth-order valence-corrected chi connectivity index (χ4v) is 4.83. The summed E-state index contributed by atoms with van der Waals surface area (Å²) in [7, 11) is -2.47. The summed E-state index contributed by atoms with van der Waals surface area (Å²) < 4.78 is 33.2. The number of carbonyl (C=O) groups is 1. The fourth-order valence-electron chi connectivity index (χ4n) is 3.11. The van der Waals surface area contributed by atoms with Crippen molar-refractivity contribution in [2.45, 2.75) is 37.9 Å². The normalized spacial score (nSPS) is 15.4. The predicted octanol–water partition coefficient (Wildman–Crippen LogP) is 2.82. The van der Waals surface area contributed by atoms with Crippen LogP contribution in [0.2, 0.25) is 0 Å². The van der Waals surface area contributed by atoms with Crippen LogP contribution in [-0.2, 0) is 10.0 Å². The van der Waals surface area contributed by atoms with E-state index in [9.17, 15) is 13.2 Å². The average Bonchev–Trinajstić information content (AvgIpc) is 3.46. The van der Waals surface area contributed by atoms with Crippen LogP contribution in [0.3, 0.4) is 0 Å². The second kappa shape index (κ2) is 7.64. The highest BCUT2D eigenvalue weighted by Crippen LogP contribution is 2.42. The maximum absolute atomic E-state index is 12.9. The van der Waals surface area contributed by atoms with Gasteiger partial charge in [0.05, 0.1) is 7.11 Å². The number of nitrogens with zero attached hydrogens (tertiary/aromatic N) is 2. The molecule has 1 unspecified atom stereocenters. The highest BCUT2D eigenvalue weighted by atomic mass is 32.2. The first-order valence-corrected chi connectivity index (χ1v) is 10.4. The Kier molecular flexibility index (Phi) is 5.46. The van der Waals surface area contributed by atoms with Gasteiger partial charge in [-0.2, -0.15) is 5.10 Å². The van der Waals surface area contributed by atoms with E-state index in [1.54, 1.807) is 38.1 Å². The van der Waals surface area contributed by atoms with Crippen molar-refractivity contribution in [3.8, 4) is 5.75 Å². The molecule has 1 aromatic heterocycles. The van der Waals surface area contributed by atoms with Crippen LogP contribution in [0, 0.1) is 5.92 Å². The molecule has 1 saturated carbocycles. The van der Waals surface area contributed by atoms with Crippen LogP contribution in [0.15, 0.2) is 36.4 Å². The van der Waals surface area contributed by atoms with E-state index in [1.807, 2.05) is 6.07 Å². The van der Waals surface area contributed by atoms with Gasteiger partial charge in [-0.3, -0.25) is 4.79 Å². The number of aromatic nitrogens is 2. The molecule has 0 radical (unpaired) electrons. The highest BCUT2D eigenvalue weighted by Gasteiger charge is 2.33. The standard InChI is InChI=1S/C19H23N3O4S/c1-12(2)18(14-7-5-4-6-8-14)27(24,25)22-19(23)15-11-16(26-3)17(21-20-15)13-9-10-13/h4-8,11-13,18H,9-10H2,1-3H3,(H,22,23). The van der Waals surface area contributed by atoms with Crippen LogP contribution >= 0.6 is 0 Å². The van der Waals surface area contributed by atoms with Crippen molar-refractivity contribution < 1.29 is 17.9 Å². The first-order chi connectivity index (χ1) is 12.8. The SMILES string of the molecule is COc1cc(C(=O)NS(=O)(=O)C(c2ccccc2)C(C)C)nnc1C1CC1. The van der Waals surface area contributed by atoms with E-state index in [2.05, 4.69) is 14.9 Å². The molecule has 0 aliphatic heterocycles. The minimum Gasteiger partial charge on any atom is -0.495 e. The fraction of sp³-hybridized carbons (Fsp3) is 0.421. The Morgan fingerprint density at radius 2 is 1.85 bits per heavy atom. The lowest BCUT2D eigenvalue weighted by molar-refractivity contribution is 0.0974. The summed E-state index contributed by atoms with van der Waals surface area (Å²) in [6.45, 7) is 3.60. The summed E-state index contributed by atoms with van der Waals surface area (Å²) >= 11 is 0. The second-order valence-electron chi connectivity index (χ2n) is 7.01. The van der Waals surface area contributed by atoms with Gasteiger partial charge in [0, 0.05) is 12.0 Å². The van der Waals surface area contributed by atoms with Crippen molar-refractivity contribution in [3.05, 3.63) is 53.3 Å². The molecular formula is C19H23N3O4S. The molecule has 1 aromatic carbocycles. The molecule has 1 N–H and O–H groups in total. The van der Waals surface area contributed by atoms with Crippen molar-refractivity contribution in [3.63, 3.8) is 0 Å². The Bertz CT molecular complexity index is 925. The van der Waals surface area contributed by atoms with Crippen LogP contribution in [0.1, 0.15) is 59.6 Å². The zero-order valence-electron chi connectivity index (χ0n) is 15.5. The summed E-state index contributed by atoms with van der Waals surface area (Å²) in [4.78, 5) is 12.5. The first-order valence-electron chi connectivity index (χ1n) is 8.86. The number of rotatable bonds is 7. The number of hydrogen-bond donors (Lipinski definition) is 1. The minimum atomic E-state index is -3.96. The van der Waals surface area contributed by atoms with Crippen LogP contribution in [0.4, 0.5) is 0 Å². The van der Waals surface area contributed by atoms with Crippen molar-refractivity contribution in [2.24, 2.45) is 5.92 Å². The van der Waals surface area contributed by atoms with Crippen molar-refractivity contribution >= 4 is 15.9 Å². The third kappa shape index (κ3) is 4.27. The predicted molar refractivity (Wildman–Crippen MR) is 101 cm³/mol. The molecule has 1 aliphatic carbocycles. The molecule has 7 nitrogen and oxygen atoms in total. The number of nitrogens with one attached hydrogen (secondary N) is 1. The summed E-state index contributed by atoms with van der Waals surface area (Å²) in [5.41, 5.74) is 1.25. The van der Waals surface area contributed by atoms with Gasteiger partial charge in [0.2, 0.25) is 10.0 Å². The van der Waals surface area contributed by atoms with Crippen molar-refractivity contribution in [1.82, 2.24) is 14.9 Å². The summed E-state index contributed by atoms with van der Waals surface area (Å²) in [6, 6.07) is 10.3. The molecule has 27 heavy (non-hydrogen) atoms. The molecule has 2 aromatic rings. The number of benzene rings is 1. The lowest BCUT2D eigenvalue weighted by Gasteiger charge is -2.21. The van der Waals surface area contributed by atoms with Gasteiger partial charge in [-0.25, -0.2) is 13.1 Å². The van der Waals surface area contributed by atoms with E-state index in [0.717, 1.165) is 12.8 Å². The van der Waals surface area contributed by atoms with Gasteiger partial charge in [-0.1, -0.05) is 44.2 Å². The first kappa shape index (κ1) is 19.3. The smallest absolute Gasteiger partial charge is 0.285 e. The number of sulfonamides is 1. The molecule has 1 heterocycles. The maximum Gasteiger partial charge on any atom is 0.285 e. The molecule has 1 aliphatic rings. The van der Waals surface area contributed by atoms with E-state index in [4.69, 9.17) is 4.74 Å². The Labute approximate surface area is 159 Å². The lowest BCUT2D eigenvalue weighted by atomic mass is 10.0. The Hall–Kier alpha value is -2.48. The monoisotopic (exact) mass is 389 g/mol. The van der Waals surface area contributed by atoms with Gasteiger partial charge >= 0.3 is 0 Å². The van der Waals surface area contributed by atoms with Crippen LogP contribution in [0.5, 0.6) is 5.75 Å². The second-order valence-corrected chi connectivity index (χ2v) is 8.81. The van der Waals surface area contributed by atoms with E-state index < -0.39 is 21.2 Å². The Morgan fingerprint density at radius 1 is 1.19 bits per heavy atom. The quantitative estimate of drug-likeness (QED) is 0.782. The largest absolute Gasteiger partial charge is 0.495 e. The van der Waals surface area contributed by atoms with E-state index in [-0.39, 0.29) is 11.6 Å². The average molecular weight is 389 g/mol. The van der Waals surface area contributed by atoms with Crippen LogP contribution in [-0.4, -0.2) is 31.6 Å². The van der Waals surface area contributed by atoms with Gasteiger partial charge in [0.25, 0.3) is 5.91 Å². The summed E-state index contributed by atoms with van der Waals surface area (Å²) in [5.74, 6) is -0.282. The minimum absolute atomic E-state index is 0.0876. The molecule has 8 heteroatoms. The van der Waals surface area contributed by atoms with Crippen LogP contribution < -0.4 is 9.46 Å². The molecule has 0 spiro atoms. The number of hydrogen-bond acceptors (Lipinski definition) is 6. The van der Waals surface area contributed by atoms with Crippen molar-refractivity contribution in [1.29, 1.82) is 0 Å². The summed E-state index contributed by atoms with van der Waals surface area (Å²) in [5, 5.41) is 7.12. The molecule has 3 rings (SSSR count). The number of methoxy groups -OCH3 is 1. The molecule has 0 bridgehead atoms. The maximum atomic E-state index is 12.9. The number of amides is 1. The zero-order chi connectivity index (χ0) is 19.6. The molecule has 1 fully saturated rings. The third-order valence-corrected chi connectivity index (χ3v) is 6.46. The van der Waals surface area contributed by atoms with Gasteiger partial charge in [0.15, 0.2) is 5.69 Å². The molecular weight excluding hydrogens is 366 g/mol. The van der Waals surface area contributed by atoms with E-state index in [1.165, 1.54) is 13.2 Å². The van der Waals surface area contributed by atoms with Crippen molar-refractivity contribution in [2.75, 3.05) is 7.11 Å². The highest BCUT2D eigenvalue weighted by molar-refractivity contribution is 7.90. The molecule has 1 amide bonds. The van der Waals surface area contributed by atoms with E-state index in [0.29, 0.717) is 22.9 Å². The number of ether oxygens (including phenoxy) is 1. The Morgan fingerprint density at radius 3 is 2.41 bits per heavy atom. The molecule has 0 saturated heterocycles. The molecule has 1 atom stereocenters. The van der Waals surface area contributed by atoms with Gasteiger partial charge < -0.3 is 4.74 Å². The Balaban J connectivity index is 1.85. The number of carbonyl (C=O) groups excluding carboxylic acids is 1. The van der Waals surface area contributed by atoms with Gasteiger partial charge in [0.1, 0.15) is 16.7 Å². The molecule has 144 valence electrons. The van der Waals surface area contributed by atoms with E-state index >= 15 is 0 Å².